The minimum absolute atomic E-state index is 0.147. The summed E-state index contributed by atoms with van der Waals surface area (Å²) in [5, 5.41) is 9.29. The van der Waals surface area contributed by atoms with E-state index in [1.807, 2.05) is 18.5 Å². The Bertz CT molecular complexity index is 483. The van der Waals surface area contributed by atoms with Crippen LogP contribution in [0.15, 0.2) is 17.8 Å². The van der Waals surface area contributed by atoms with Crippen LogP contribution in [0.2, 0.25) is 0 Å². The summed E-state index contributed by atoms with van der Waals surface area (Å²) < 4.78 is 0. The van der Waals surface area contributed by atoms with E-state index in [9.17, 15) is 0 Å². The Morgan fingerprint density at radius 3 is 2.82 bits per heavy atom. The van der Waals surface area contributed by atoms with Crippen LogP contribution in [0.25, 0.3) is 0 Å². The van der Waals surface area contributed by atoms with E-state index in [0.29, 0.717) is 5.95 Å². The molecule has 2 aromatic heterocycles. The van der Waals surface area contributed by atoms with Crippen molar-refractivity contribution < 1.29 is 0 Å². The van der Waals surface area contributed by atoms with Gasteiger partial charge >= 0.3 is 0 Å². The molecule has 90 valence electrons. The SMILES string of the molecule is CNc1ncc(C)c(NC(C)c2nccs2)n1. The van der Waals surface area contributed by atoms with Gasteiger partial charge in [-0.2, -0.15) is 4.98 Å². The summed E-state index contributed by atoms with van der Waals surface area (Å²) in [4.78, 5) is 12.8. The molecule has 2 rings (SSSR count). The lowest BCUT2D eigenvalue weighted by Crippen LogP contribution is -2.10. The molecule has 0 aliphatic heterocycles. The van der Waals surface area contributed by atoms with E-state index < -0.39 is 0 Å². The molecule has 0 bridgehead atoms. The number of rotatable bonds is 4. The molecular weight excluding hydrogens is 234 g/mol. The number of thiazole rings is 1. The average Bonchev–Trinajstić information content (AvgIpc) is 2.85. The van der Waals surface area contributed by atoms with Crippen molar-refractivity contribution in [2.24, 2.45) is 0 Å². The van der Waals surface area contributed by atoms with E-state index in [2.05, 4.69) is 32.5 Å². The van der Waals surface area contributed by atoms with Crippen molar-refractivity contribution in [1.82, 2.24) is 15.0 Å². The van der Waals surface area contributed by atoms with Crippen LogP contribution in [-0.4, -0.2) is 22.0 Å². The van der Waals surface area contributed by atoms with Crippen LogP contribution in [0.4, 0.5) is 11.8 Å². The van der Waals surface area contributed by atoms with Gasteiger partial charge in [-0.05, 0) is 13.8 Å². The lowest BCUT2D eigenvalue weighted by Gasteiger charge is -2.14. The molecule has 0 aliphatic carbocycles. The molecule has 2 heterocycles. The number of hydrogen-bond donors (Lipinski definition) is 2. The Kier molecular flexibility index (Phi) is 3.53. The first-order chi connectivity index (χ1) is 8.20. The Labute approximate surface area is 104 Å². The number of hydrogen-bond acceptors (Lipinski definition) is 6. The Hall–Kier alpha value is -1.69. The number of anilines is 2. The maximum absolute atomic E-state index is 4.38. The van der Waals surface area contributed by atoms with Gasteiger partial charge < -0.3 is 10.6 Å². The summed E-state index contributed by atoms with van der Waals surface area (Å²) in [5.74, 6) is 1.46. The first-order valence-electron chi connectivity index (χ1n) is 5.38. The second-order valence-corrected chi connectivity index (χ2v) is 4.64. The summed E-state index contributed by atoms with van der Waals surface area (Å²) in [7, 11) is 1.80. The van der Waals surface area contributed by atoms with E-state index in [-0.39, 0.29) is 6.04 Å². The predicted molar refractivity (Wildman–Crippen MR) is 70.5 cm³/mol. The highest BCUT2D eigenvalue weighted by molar-refractivity contribution is 7.09. The molecule has 0 saturated carbocycles. The second-order valence-electron chi connectivity index (χ2n) is 3.71. The fourth-order valence-electron chi connectivity index (χ4n) is 1.42. The van der Waals surface area contributed by atoms with E-state index in [1.54, 1.807) is 24.6 Å². The zero-order valence-corrected chi connectivity index (χ0v) is 10.9. The van der Waals surface area contributed by atoms with Gasteiger partial charge in [-0.1, -0.05) is 0 Å². The molecule has 0 aliphatic rings. The molecule has 0 amide bonds. The first-order valence-corrected chi connectivity index (χ1v) is 6.26. The molecule has 1 atom stereocenters. The molecule has 6 heteroatoms. The van der Waals surface area contributed by atoms with Crippen LogP contribution in [0.3, 0.4) is 0 Å². The Morgan fingerprint density at radius 2 is 2.18 bits per heavy atom. The second kappa shape index (κ2) is 5.09. The van der Waals surface area contributed by atoms with Crippen LogP contribution in [0.1, 0.15) is 23.5 Å². The minimum atomic E-state index is 0.147. The van der Waals surface area contributed by atoms with E-state index in [4.69, 9.17) is 0 Å². The van der Waals surface area contributed by atoms with Crippen molar-refractivity contribution in [2.45, 2.75) is 19.9 Å². The normalized spacial score (nSPS) is 12.2. The van der Waals surface area contributed by atoms with Gasteiger partial charge in [0.05, 0.1) is 6.04 Å². The van der Waals surface area contributed by atoms with Gasteiger partial charge in [0.2, 0.25) is 5.95 Å². The van der Waals surface area contributed by atoms with Crippen LogP contribution in [0, 0.1) is 6.92 Å². The summed E-state index contributed by atoms with van der Waals surface area (Å²) >= 11 is 1.63. The van der Waals surface area contributed by atoms with Gasteiger partial charge in [0.25, 0.3) is 0 Å². The number of nitrogens with one attached hydrogen (secondary N) is 2. The highest BCUT2D eigenvalue weighted by Gasteiger charge is 2.10. The van der Waals surface area contributed by atoms with Gasteiger partial charge in [0, 0.05) is 30.4 Å². The third-order valence-corrected chi connectivity index (χ3v) is 3.33. The first kappa shape index (κ1) is 11.8. The Morgan fingerprint density at radius 1 is 1.35 bits per heavy atom. The molecule has 17 heavy (non-hydrogen) atoms. The van der Waals surface area contributed by atoms with Crippen LogP contribution in [0.5, 0.6) is 0 Å². The smallest absolute Gasteiger partial charge is 0.224 e. The van der Waals surface area contributed by atoms with Gasteiger partial charge in [0.15, 0.2) is 0 Å². The average molecular weight is 249 g/mol. The molecule has 1 unspecified atom stereocenters. The lowest BCUT2D eigenvalue weighted by molar-refractivity contribution is 0.855. The molecule has 2 aromatic rings. The van der Waals surface area contributed by atoms with Crippen molar-refractivity contribution in [3.8, 4) is 0 Å². The van der Waals surface area contributed by atoms with Crippen LogP contribution in [-0.2, 0) is 0 Å². The number of aryl methyl sites for hydroxylation is 1. The summed E-state index contributed by atoms with van der Waals surface area (Å²) in [6.07, 6.45) is 3.61. The van der Waals surface area contributed by atoms with E-state index in [1.165, 1.54) is 0 Å². The Balaban J connectivity index is 2.18. The maximum Gasteiger partial charge on any atom is 0.224 e. The van der Waals surface area contributed by atoms with Crippen molar-refractivity contribution in [2.75, 3.05) is 17.7 Å². The fraction of sp³-hybridized carbons (Fsp3) is 0.364. The highest BCUT2D eigenvalue weighted by atomic mass is 32.1. The molecule has 2 N–H and O–H groups in total. The van der Waals surface area contributed by atoms with E-state index >= 15 is 0 Å². The topological polar surface area (TPSA) is 62.7 Å². The minimum Gasteiger partial charge on any atom is -0.361 e. The van der Waals surface area contributed by atoms with Crippen molar-refractivity contribution >= 4 is 23.1 Å². The van der Waals surface area contributed by atoms with Gasteiger partial charge in [-0.25, -0.2) is 9.97 Å². The molecule has 0 aromatic carbocycles. The molecular formula is C11H15N5S. The van der Waals surface area contributed by atoms with Crippen molar-refractivity contribution in [3.05, 3.63) is 28.3 Å². The third kappa shape index (κ3) is 2.71. The van der Waals surface area contributed by atoms with Gasteiger partial charge in [0.1, 0.15) is 10.8 Å². The van der Waals surface area contributed by atoms with Gasteiger partial charge in [-0.3, -0.25) is 0 Å². The monoisotopic (exact) mass is 249 g/mol. The number of aromatic nitrogens is 3. The molecule has 0 saturated heterocycles. The summed E-state index contributed by atoms with van der Waals surface area (Å²) in [6, 6.07) is 0.147. The zero-order valence-electron chi connectivity index (χ0n) is 10.1. The fourth-order valence-corrected chi connectivity index (χ4v) is 2.07. The van der Waals surface area contributed by atoms with E-state index in [0.717, 1.165) is 16.4 Å². The standard InChI is InChI=1S/C11H15N5S/c1-7-6-14-11(12-3)16-9(7)15-8(2)10-13-4-5-17-10/h4-6,8H,1-3H3,(H2,12,14,15,16). The molecule has 0 fully saturated rings. The van der Waals surface area contributed by atoms with Crippen molar-refractivity contribution in [3.63, 3.8) is 0 Å². The third-order valence-electron chi connectivity index (χ3n) is 2.37. The van der Waals surface area contributed by atoms with Gasteiger partial charge in [-0.15, -0.1) is 11.3 Å². The number of nitrogens with zero attached hydrogens (tertiary/aromatic N) is 3. The lowest BCUT2D eigenvalue weighted by atomic mass is 10.3. The largest absolute Gasteiger partial charge is 0.361 e. The highest BCUT2D eigenvalue weighted by Crippen LogP contribution is 2.22. The predicted octanol–water partition coefficient (Wildman–Crippen LogP) is 2.46. The molecule has 0 spiro atoms. The van der Waals surface area contributed by atoms with Crippen molar-refractivity contribution in [1.29, 1.82) is 0 Å². The summed E-state index contributed by atoms with van der Waals surface area (Å²) in [6.45, 7) is 4.05. The molecule has 0 radical (unpaired) electrons. The quantitative estimate of drug-likeness (QED) is 0.871. The van der Waals surface area contributed by atoms with Crippen LogP contribution < -0.4 is 10.6 Å². The zero-order chi connectivity index (χ0) is 12.3. The molecule has 5 nitrogen and oxygen atoms in total. The maximum atomic E-state index is 4.38. The summed E-state index contributed by atoms with van der Waals surface area (Å²) in [5.41, 5.74) is 1.02. The van der Waals surface area contributed by atoms with Crippen LogP contribution >= 0.6 is 11.3 Å².